The molecule has 5 rings (SSSR count). The lowest BCUT2D eigenvalue weighted by molar-refractivity contribution is -0.129. The first kappa shape index (κ1) is 18.1. The summed E-state index contributed by atoms with van der Waals surface area (Å²) in [7, 11) is 1.66. The standard InChI is InChI=1S/C23H18N4O3/c1-26(13-19-24-22(25-30-19)16-7-3-2-4-8-16)20(28)14-27-18-12-6-10-15-9-5-11-17(21(15)18)23(27)29/h2-12H,13-14H2,1H3. The molecule has 0 atom stereocenters. The Morgan fingerprint density at radius 2 is 1.80 bits per heavy atom. The topological polar surface area (TPSA) is 79.5 Å². The summed E-state index contributed by atoms with van der Waals surface area (Å²) >= 11 is 0. The lowest BCUT2D eigenvalue weighted by atomic mass is 10.1. The van der Waals surface area contributed by atoms with E-state index < -0.39 is 0 Å². The van der Waals surface area contributed by atoms with Gasteiger partial charge < -0.3 is 9.42 Å². The Hall–Kier alpha value is -4.00. The van der Waals surface area contributed by atoms with Crippen LogP contribution in [0.2, 0.25) is 0 Å². The van der Waals surface area contributed by atoms with E-state index in [0.29, 0.717) is 17.3 Å². The minimum absolute atomic E-state index is 0.0528. The number of likely N-dealkylation sites (N-methyl/N-ethyl adjacent to an activating group) is 1. The van der Waals surface area contributed by atoms with E-state index in [1.807, 2.05) is 60.7 Å². The zero-order valence-electron chi connectivity index (χ0n) is 16.3. The van der Waals surface area contributed by atoms with Crippen LogP contribution in [0.5, 0.6) is 0 Å². The Kier molecular flexibility index (Phi) is 4.28. The van der Waals surface area contributed by atoms with Gasteiger partial charge >= 0.3 is 0 Å². The molecule has 7 nitrogen and oxygen atoms in total. The molecule has 4 aromatic rings. The third-order valence-electron chi connectivity index (χ3n) is 5.24. The first-order chi connectivity index (χ1) is 14.6. The molecule has 0 N–H and O–H groups in total. The smallest absolute Gasteiger partial charge is 0.259 e. The second-order valence-corrected chi connectivity index (χ2v) is 7.20. The quantitative estimate of drug-likeness (QED) is 0.514. The van der Waals surface area contributed by atoms with Crippen LogP contribution >= 0.6 is 0 Å². The average Bonchev–Trinajstić information content (AvgIpc) is 3.34. The van der Waals surface area contributed by atoms with Gasteiger partial charge in [0.1, 0.15) is 6.54 Å². The van der Waals surface area contributed by atoms with Gasteiger partial charge in [-0.25, -0.2) is 0 Å². The molecule has 0 unspecified atom stereocenters. The van der Waals surface area contributed by atoms with Gasteiger partial charge in [-0.1, -0.05) is 59.8 Å². The zero-order valence-corrected chi connectivity index (χ0v) is 16.3. The van der Waals surface area contributed by atoms with Crippen molar-refractivity contribution in [1.82, 2.24) is 15.0 Å². The maximum absolute atomic E-state index is 12.9. The molecule has 2 heterocycles. The number of amides is 2. The largest absolute Gasteiger partial charge is 0.337 e. The monoisotopic (exact) mass is 398 g/mol. The number of hydrogen-bond acceptors (Lipinski definition) is 5. The number of hydrogen-bond donors (Lipinski definition) is 0. The fraction of sp³-hybridized carbons (Fsp3) is 0.130. The van der Waals surface area contributed by atoms with Crippen molar-refractivity contribution in [3.63, 3.8) is 0 Å². The molecule has 0 radical (unpaired) electrons. The van der Waals surface area contributed by atoms with E-state index in [1.54, 1.807) is 13.1 Å². The highest BCUT2D eigenvalue weighted by Crippen LogP contribution is 2.37. The summed E-state index contributed by atoms with van der Waals surface area (Å²) in [6, 6.07) is 20.8. The van der Waals surface area contributed by atoms with Crippen molar-refractivity contribution < 1.29 is 14.1 Å². The van der Waals surface area contributed by atoms with Gasteiger partial charge in [-0.3, -0.25) is 14.5 Å². The van der Waals surface area contributed by atoms with E-state index >= 15 is 0 Å². The third-order valence-corrected chi connectivity index (χ3v) is 5.24. The Balaban J connectivity index is 1.31. The van der Waals surface area contributed by atoms with Crippen LogP contribution in [-0.4, -0.2) is 40.4 Å². The average molecular weight is 398 g/mol. The summed E-state index contributed by atoms with van der Waals surface area (Å²) in [6.45, 7) is 0.112. The molecule has 0 spiro atoms. The Morgan fingerprint density at radius 1 is 1.03 bits per heavy atom. The maximum Gasteiger partial charge on any atom is 0.259 e. The number of carbonyl (C=O) groups excluding carboxylic acids is 2. The van der Waals surface area contributed by atoms with Crippen molar-refractivity contribution in [1.29, 1.82) is 0 Å². The number of aromatic nitrogens is 2. The van der Waals surface area contributed by atoms with Crippen LogP contribution < -0.4 is 4.90 Å². The Morgan fingerprint density at radius 3 is 2.60 bits per heavy atom. The summed E-state index contributed by atoms with van der Waals surface area (Å²) in [5.41, 5.74) is 2.23. The summed E-state index contributed by atoms with van der Waals surface area (Å²) in [6.07, 6.45) is 0. The molecule has 0 bridgehead atoms. The van der Waals surface area contributed by atoms with Crippen molar-refractivity contribution in [2.45, 2.75) is 6.54 Å². The van der Waals surface area contributed by atoms with Crippen molar-refractivity contribution in [3.8, 4) is 11.4 Å². The Bertz CT molecular complexity index is 1260. The van der Waals surface area contributed by atoms with E-state index in [0.717, 1.165) is 22.0 Å². The van der Waals surface area contributed by atoms with E-state index in [-0.39, 0.29) is 24.9 Å². The molecule has 1 aliphatic heterocycles. The molecular weight excluding hydrogens is 380 g/mol. The summed E-state index contributed by atoms with van der Waals surface area (Å²) in [5.74, 6) is 0.437. The van der Waals surface area contributed by atoms with Crippen LogP contribution in [0.15, 0.2) is 71.3 Å². The summed E-state index contributed by atoms with van der Waals surface area (Å²) in [4.78, 5) is 33.1. The van der Waals surface area contributed by atoms with Gasteiger partial charge in [0.25, 0.3) is 5.91 Å². The number of carbonyl (C=O) groups is 2. The van der Waals surface area contributed by atoms with Crippen LogP contribution in [0.1, 0.15) is 16.2 Å². The van der Waals surface area contributed by atoms with Crippen molar-refractivity contribution in [2.75, 3.05) is 18.5 Å². The van der Waals surface area contributed by atoms with Crippen molar-refractivity contribution in [3.05, 3.63) is 78.2 Å². The minimum atomic E-state index is -0.215. The SMILES string of the molecule is CN(Cc1nc(-c2ccccc2)no1)C(=O)CN1C(=O)c2cccc3cccc1c23. The molecule has 0 aliphatic carbocycles. The van der Waals surface area contributed by atoms with E-state index in [4.69, 9.17) is 4.52 Å². The summed E-state index contributed by atoms with van der Waals surface area (Å²) in [5, 5.41) is 5.86. The van der Waals surface area contributed by atoms with E-state index in [9.17, 15) is 9.59 Å². The predicted octanol–water partition coefficient (Wildman–Crippen LogP) is 3.51. The second kappa shape index (κ2) is 7.11. The van der Waals surface area contributed by atoms with Gasteiger partial charge in [-0.15, -0.1) is 0 Å². The predicted molar refractivity (Wildman–Crippen MR) is 112 cm³/mol. The van der Waals surface area contributed by atoms with Gasteiger partial charge in [-0.2, -0.15) is 4.98 Å². The fourth-order valence-electron chi connectivity index (χ4n) is 3.71. The zero-order chi connectivity index (χ0) is 20.7. The first-order valence-electron chi connectivity index (χ1n) is 9.57. The molecule has 0 saturated carbocycles. The molecular formula is C23H18N4O3. The molecule has 1 aromatic heterocycles. The number of benzene rings is 3. The van der Waals surface area contributed by atoms with Gasteiger partial charge in [0.05, 0.1) is 12.2 Å². The third kappa shape index (κ3) is 3.00. The van der Waals surface area contributed by atoms with Crippen molar-refractivity contribution >= 4 is 28.3 Å². The fourth-order valence-corrected chi connectivity index (χ4v) is 3.71. The molecule has 30 heavy (non-hydrogen) atoms. The van der Waals surface area contributed by atoms with E-state index in [2.05, 4.69) is 10.1 Å². The highest BCUT2D eigenvalue weighted by Gasteiger charge is 2.31. The molecule has 2 amide bonds. The van der Waals surface area contributed by atoms with Gasteiger partial charge in [-0.05, 0) is 17.5 Å². The van der Waals surface area contributed by atoms with Crippen LogP contribution in [-0.2, 0) is 11.3 Å². The normalized spacial score (nSPS) is 12.6. The van der Waals surface area contributed by atoms with Gasteiger partial charge in [0.15, 0.2) is 0 Å². The second-order valence-electron chi connectivity index (χ2n) is 7.20. The van der Waals surface area contributed by atoms with Crippen molar-refractivity contribution in [2.24, 2.45) is 0 Å². The van der Waals surface area contributed by atoms with Crippen LogP contribution in [0.25, 0.3) is 22.2 Å². The molecule has 3 aromatic carbocycles. The lowest BCUT2D eigenvalue weighted by Gasteiger charge is -2.21. The Labute approximate surface area is 172 Å². The molecule has 148 valence electrons. The van der Waals surface area contributed by atoms with Crippen LogP contribution in [0.4, 0.5) is 5.69 Å². The number of nitrogens with zero attached hydrogens (tertiary/aromatic N) is 4. The van der Waals surface area contributed by atoms with Crippen LogP contribution in [0, 0.1) is 0 Å². The number of anilines is 1. The molecule has 7 heteroatoms. The lowest BCUT2D eigenvalue weighted by Crippen LogP contribution is -2.39. The molecule has 1 aliphatic rings. The summed E-state index contributed by atoms with van der Waals surface area (Å²) < 4.78 is 5.29. The van der Waals surface area contributed by atoms with Gasteiger partial charge in [0, 0.05) is 23.6 Å². The molecule has 0 saturated heterocycles. The maximum atomic E-state index is 12.9. The highest BCUT2D eigenvalue weighted by molar-refractivity contribution is 6.26. The highest BCUT2D eigenvalue weighted by atomic mass is 16.5. The van der Waals surface area contributed by atoms with Crippen LogP contribution in [0.3, 0.4) is 0 Å². The van der Waals surface area contributed by atoms with E-state index in [1.165, 1.54) is 9.80 Å². The van der Waals surface area contributed by atoms with Gasteiger partial charge in [0.2, 0.25) is 17.6 Å². The minimum Gasteiger partial charge on any atom is -0.337 e. The molecule has 0 fully saturated rings. The number of rotatable bonds is 5. The first-order valence-corrected chi connectivity index (χ1v) is 9.57.